The predicted octanol–water partition coefficient (Wildman–Crippen LogP) is 3.43. The number of benzene rings is 1. The lowest BCUT2D eigenvalue weighted by Crippen LogP contribution is -2.03. The first kappa shape index (κ1) is 13.1. The molecule has 1 aromatic heterocycles. The van der Waals surface area contributed by atoms with Gasteiger partial charge in [0.2, 0.25) is 0 Å². The van der Waals surface area contributed by atoms with E-state index in [1.165, 1.54) is 11.1 Å². The van der Waals surface area contributed by atoms with Crippen LogP contribution in [-0.4, -0.2) is 16.5 Å². The van der Waals surface area contributed by atoms with E-state index in [0.29, 0.717) is 6.54 Å². The molecule has 0 bridgehead atoms. The Morgan fingerprint density at radius 1 is 1.21 bits per heavy atom. The summed E-state index contributed by atoms with van der Waals surface area (Å²) in [4.78, 5) is 8.37. The molecule has 98 valence electrons. The van der Waals surface area contributed by atoms with Gasteiger partial charge in [-0.2, -0.15) is 0 Å². The van der Waals surface area contributed by atoms with E-state index in [-0.39, 0.29) is 0 Å². The lowest BCUT2D eigenvalue weighted by molar-refractivity contribution is 1.14. The van der Waals surface area contributed by atoms with Crippen LogP contribution in [-0.2, 0) is 0 Å². The molecule has 0 aliphatic rings. The van der Waals surface area contributed by atoms with Crippen molar-refractivity contribution in [2.45, 2.75) is 13.8 Å². The second kappa shape index (κ2) is 6.00. The van der Waals surface area contributed by atoms with Gasteiger partial charge in [0.15, 0.2) is 0 Å². The molecule has 1 heterocycles. The molecule has 1 aromatic carbocycles. The van der Waals surface area contributed by atoms with Gasteiger partial charge in [0.25, 0.3) is 0 Å². The number of aromatic nitrogens is 2. The number of anilines is 3. The van der Waals surface area contributed by atoms with Gasteiger partial charge in [0.1, 0.15) is 18.0 Å². The first-order valence-corrected chi connectivity index (χ1v) is 6.21. The van der Waals surface area contributed by atoms with E-state index >= 15 is 0 Å². The zero-order valence-electron chi connectivity index (χ0n) is 11.3. The van der Waals surface area contributed by atoms with E-state index in [1.54, 1.807) is 12.4 Å². The Labute approximate surface area is 113 Å². The standard InChI is InChI=1S/C15H18N4/c1-4-8-16-14-9-15(18-10-17-14)19-13-7-5-6-11(2)12(13)3/h4-7,9-10H,1,8H2,2-3H3,(H2,16,17,18,19). The normalized spacial score (nSPS) is 10.0. The van der Waals surface area contributed by atoms with Crippen LogP contribution in [0.15, 0.2) is 43.2 Å². The molecule has 0 radical (unpaired) electrons. The summed E-state index contributed by atoms with van der Waals surface area (Å²) in [5, 5.41) is 6.45. The van der Waals surface area contributed by atoms with E-state index < -0.39 is 0 Å². The fourth-order valence-corrected chi connectivity index (χ4v) is 1.72. The van der Waals surface area contributed by atoms with Gasteiger partial charge in [-0.3, -0.25) is 0 Å². The second-order valence-corrected chi connectivity index (χ2v) is 4.33. The van der Waals surface area contributed by atoms with Gasteiger partial charge >= 0.3 is 0 Å². The van der Waals surface area contributed by atoms with Gasteiger partial charge in [-0.15, -0.1) is 6.58 Å². The highest BCUT2D eigenvalue weighted by molar-refractivity contribution is 5.63. The third-order valence-electron chi connectivity index (χ3n) is 2.96. The van der Waals surface area contributed by atoms with Crippen LogP contribution in [0.2, 0.25) is 0 Å². The molecule has 19 heavy (non-hydrogen) atoms. The van der Waals surface area contributed by atoms with Crippen molar-refractivity contribution in [2.75, 3.05) is 17.2 Å². The SMILES string of the molecule is C=CCNc1cc(Nc2cccc(C)c2C)ncn1. The molecular weight excluding hydrogens is 236 g/mol. The Hall–Kier alpha value is -2.36. The molecule has 2 rings (SSSR count). The van der Waals surface area contributed by atoms with E-state index in [4.69, 9.17) is 0 Å². The number of rotatable bonds is 5. The van der Waals surface area contributed by atoms with Crippen LogP contribution in [0.25, 0.3) is 0 Å². The zero-order valence-corrected chi connectivity index (χ0v) is 11.3. The van der Waals surface area contributed by atoms with Crippen LogP contribution in [0.1, 0.15) is 11.1 Å². The van der Waals surface area contributed by atoms with Crippen LogP contribution >= 0.6 is 0 Å². The number of nitrogens with zero attached hydrogens (tertiary/aromatic N) is 2. The highest BCUT2D eigenvalue weighted by Crippen LogP contribution is 2.22. The molecule has 0 amide bonds. The third-order valence-corrected chi connectivity index (χ3v) is 2.96. The summed E-state index contributed by atoms with van der Waals surface area (Å²) in [6.45, 7) is 8.53. The summed E-state index contributed by atoms with van der Waals surface area (Å²) in [5.41, 5.74) is 3.54. The zero-order chi connectivity index (χ0) is 13.7. The van der Waals surface area contributed by atoms with Crippen molar-refractivity contribution in [3.05, 3.63) is 54.4 Å². The van der Waals surface area contributed by atoms with Crippen molar-refractivity contribution in [1.82, 2.24) is 9.97 Å². The molecule has 0 spiro atoms. The van der Waals surface area contributed by atoms with Crippen LogP contribution in [0.5, 0.6) is 0 Å². The first-order chi connectivity index (χ1) is 9.20. The summed E-state index contributed by atoms with van der Waals surface area (Å²) in [7, 11) is 0. The van der Waals surface area contributed by atoms with Crippen molar-refractivity contribution in [2.24, 2.45) is 0 Å². The van der Waals surface area contributed by atoms with Crippen molar-refractivity contribution in [1.29, 1.82) is 0 Å². The maximum Gasteiger partial charge on any atom is 0.135 e. The molecule has 0 atom stereocenters. The molecule has 0 saturated carbocycles. The monoisotopic (exact) mass is 254 g/mol. The minimum absolute atomic E-state index is 0.680. The molecule has 0 fully saturated rings. The molecular formula is C15H18N4. The van der Waals surface area contributed by atoms with Crippen LogP contribution in [0.4, 0.5) is 17.3 Å². The molecule has 0 aliphatic carbocycles. The largest absolute Gasteiger partial charge is 0.366 e. The van der Waals surface area contributed by atoms with Crippen LogP contribution < -0.4 is 10.6 Å². The van der Waals surface area contributed by atoms with Gasteiger partial charge < -0.3 is 10.6 Å². The molecule has 4 nitrogen and oxygen atoms in total. The summed E-state index contributed by atoms with van der Waals surface area (Å²) in [6, 6.07) is 8.05. The van der Waals surface area contributed by atoms with Gasteiger partial charge in [-0.05, 0) is 31.0 Å². The Balaban J connectivity index is 2.18. The van der Waals surface area contributed by atoms with Crippen molar-refractivity contribution < 1.29 is 0 Å². The first-order valence-electron chi connectivity index (χ1n) is 6.21. The summed E-state index contributed by atoms with van der Waals surface area (Å²) in [5.74, 6) is 1.55. The Bertz CT molecular complexity index is 578. The molecule has 0 aliphatic heterocycles. The van der Waals surface area contributed by atoms with E-state index in [9.17, 15) is 0 Å². The van der Waals surface area contributed by atoms with E-state index in [1.807, 2.05) is 18.2 Å². The van der Waals surface area contributed by atoms with Gasteiger partial charge in [0.05, 0.1) is 0 Å². The lowest BCUT2D eigenvalue weighted by atomic mass is 10.1. The summed E-state index contributed by atoms with van der Waals surface area (Å²) in [6.07, 6.45) is 3.33. The Kier molecular flexibility index (Phi) is 4.13. The average Bonchev–Trinajstić information content (AvgIpc) is 2.42. The van der Waals surface area contributed by atoms with Crippen molar-refractivity contribution in [3.63, 3.8) is 0 Å². The van der Waals surface area contributed by atoms with Gasteiger partial charge in [-0.1, -0.05) is 18.2 Å². The van der Waals surface area contributed by atoms with Crippen LogP contribution in [0.3, 0.4) is 0 Å². The molecule has 2 aromatic rings. The fraction of sp³-hybridized carbons (Fsp3) is 0.200. The third kappa shape index (κ3) is 3.31. The van der Waals surface area contributed by atoms with Gasteiger partial charge in [0, 0.05) is 18.3 Å². The Morgan fingerprint density at radius 2 is 2.00 bits per heavy atom. The number of nitrogens with one attached hydrogen (secondary N) is 2. The minimum Gasteiger partial charge on any atom is -0.366 e. The topological polar surface area (TPSA) is 49.8 Å². The lowest BCUT2D eigenvalue weighted by Gasteiger charge is -2.11. The van der Waals surface area contributed by atoms with E-state index in [2.05, 4.69) is 47.1 Å². The van der Waals surface area contributed by atoms with Crippen molar-refractivity contribution in [3.8, 4) is 0 Å². The quantitative estimate of drug-likeness (QED) is 0.802. The number of hydrogen-bond donors (Lipinski definition) is 2. The predicted molar refractivity (Wildman–Crippen MR) is 79.9 cm³/mol. The maximum absolute atomic E-state index is 4.23. The smallest absolute Gasteiger partial charge is 0.135 e. The average molecular weight is 254 g/mol. The van der Waals surface area contributed by atoms with Crippen LogP contribution in [0, 0.1) is 13.8 Å². The van der Waals surface area contributed by atoms with Gasteiger partial charge in [-0.25, -0.2) is 9.97 Å². The fourth-order valence-electron chi connectivity index (χ4n) is 1.72. The number of hydrogen-bond acceptors (Lipinski definition) is 4. The minimum atomic E-state index is 0.680. The van der Waals surface area contributed by atoms with E-state index in [0.717, 1.165) is 17.3 Å². The summed E-state index contributed by atoms with van der Waals surface area (Å²) >= 11 is 0. The Morgan fingerprint density at radius 3 is 2.79 bits per heavy atom. The summed E-state index contributed by atoms with van der Waals surface area (Å²) < 4.78 is 0. The highest BCUT2D eigenvalue weighted by Gasteiger charge is 2.03. The number of aryl methyl sites for hydroxylation is 1. The van der Waals surface area contributed by atoms with Crippen molar-refractivity contribution >= 4 is 17.3 Å². The molecule has 0 saturated heterocycles. The molecule has 4 heteroatoms. The molecule has 2 N–H and O–H groups in total. The molecule has 0 unspecified atom stereocenters. The second-order valence-electron chi connectivity index (χ2n) is 4.33. The maximum atomic E-state index is 4.23. The highest BCUT2D eigenvalue weighted by atomic mass is 15.1.